The Bertz CT molecular complexity index is 2480. The molecule has 0 aliphatic heterocycles. The first kappa shape index (κ1) is 28.8. The van der Waals surface area contributed by atoms with Gasteiger partial charge in [0.05, 0.1) is 16.7 Å². The summed E-state index contributed by atoms with van der Waals surface area (Å²) in [5.41, 5.74) is 17.9. The standard InChI is InChI=1S/C47H34N2/c1-4-12-34(13-5-1)36-20-22-37(23-21-36)38-24-27-41(28-25-38)48(40-16-8-3-9-17-40)43-30-31-45-44-18-10-11-19-46(44)49(47(45)33-43)42-29-26-39(32-42)35-14-6-2-7-15-35/h1-6,8-14,16-31,33H,7,15H2. The van der Waals surface area contributed by atoms with Crippen molar-refractivity contribution in [2.45, 2.75) is 12.8 Å². The van der Waals surface area contributed by atoms with Crippen molar-refractivity contribution in [2.75, 3.05) is 4.90 Å². The van der Waals surface area contributed by atoms with Crippen molar-refractivity contribution in [3.63, 3.8) is 0 Å². The second-order valence-electron chi connectivity index (χ2n) is 12.6. The summed E-state index contributed by atoms with van der Waals surface area (Å²) in [4.78, 5) is 2.35. The summed E-state index contributed by atoms with van der Waals surface area (Å²) >= 11 is 0. The number of para-hydroxylation sites is 2. The molecule has 2 nitrogen and oxygen atoms in total. The number of nitrogens with zero attached hydrogens (tertiary/aromatic N) is 2. The second-order valence-corrected chi connectivity index (χ2v) is 12.6. The molecule has 2 aliphatic rings. The first-order chi connectivity index (χ1) is 24.3. The third-order valence-corrected chi connectivity index (χ3v) is 9.65. The minimum absolute atomic E-state index is 1.05. The molecule has 2 heteroatoms. The molecule has 9 rings (SSSR count). The van der Waals surface area contributed by atoms with Crippen LogP contribution in [0.3, 0.4) is 0 Å². The zero-order valence-corrected chi connectivity index (χ0v) is 27.1. The van der Waals surface area contributed by atoms with Crippen LogP contribution in [0, 0.1) is 0 Å². The van der Waals surface area contributed by atoms with Gasteiger partial charge in [0.1, 0.15) is 0 Å². The smallest absolute Gasteiger partial charge is 0.0897 e. The second kappa shape index (κ2) is 12.4. The topological polar surface area (TPSA) is 8.17 Å². The number of anilines is 3. The van der Waals surface area contributed by atoms with Crippen molar-refractivity contribution >= 4 is 44.6 Å². The van der Waals surface area contributed by atoms with Gasteiger partial charge in [-0.2, -0.15) is 0 Å². The Balaban J connectivity index is 1.14. The molecule has 0 unspecified atom stereocenters. The lowest BCUT2D eigenvalue weighted by atomic mass is 9.99. The highest BCUT2D eigenvalue weighted by atomic mass is 15.1. The normalized spacial score (nSPS) is 13.8. The summed E-state index contributed by atoms with van der Waals surface area (Å²) < 4.78 is 2.38. The highest BCUT2D eigenvalue weighted by Crippen LogP contribution is 2.41. The molecule has 0 atom stereocenters. The average Bonchev–Trinajstić information content (AvgIpc) is 3.79. The maximum atomic E-state index is 3.76. The first-order valence-electron chi connectivity index (χ1n) is 17.0. The molecule has 0 fully saturated rings. The fourth-order valence-corrected chi connectivity index (χ4v) is 7.20. The van der Waals surface area contributed by atoms with Crippen LogP contribution in [0.25, 0.3) is 49.8 Å². The van der Waals surface area contributed by atoms with E-state index in [1.807, 2.05) is 0 Å². The van der Waals surface area contributed by atoms with Crippen molar-refractivity contribution in [3.05, 3.63) is 199 Å². The molecular formula is C47H34N2. The summed E-state index contributed by atoms with van der Waals surface area (Å²) in [6, 6.07) is 54.5. The average molecular weight is 627 g/mol. The molecule has 49 heavy (non-hydrogen) atoms. The monoisotopic (exact) mass is 626 g/mol. The molecule has 0 saturated carbocycles. The van der Waals surface area contributed by atoms with Gasteiger partial charge in [0.15, 0.2) is 0 Å². The molecule has 6 aromatic carbocycles. The summed E-state index contributed by atoms with van der Waals surface area (Å²) in [7, 11) is 0. The van der Waals surface area contributed by atoms with Crippen LogP contribution in [0.2, 0.25) is 0 Å². The lowest BCUT2D eigenvalue weighted by Gasteiger charge is -2.26. The Labute approximate surface area is 287 Å². The van der Waals surface area contributed by atoms with Crippen LogP contribution in [0.5, 0.6) is 0 Å². The quantitative estimate of drug-likeness (QED) is 0.160. The summed E-state index contributed by atoms with van der Waals surface area (Å²) in [6.45, 7) is 0. The zero-order chi connectivity index (χ0) is 32.6. The third kappa shape index (κ3) is 5.35. The third-order valence-electron chi connectivity index (χ3n) is 9.65. The number of hydrogen-bond acceptors (Lipinski definition) is 1. The highest BCUT2D eigenvalue weighted by molar-refractivity contribution is 6.11. The summed E-state index contributed by atoms with van der Waals surface area (Å²) in [6.07, 6.45) is 13.2. The van der Waals surface area contributed by atoms with E-state index in [9.17, 15) is 0 Å². The van der Waals surface area contributed by atoms with E-state index in [0.29, 0.717) is 0 Å². The molecule has 1 heterocycles. The molecule has 0 N–H and O–H groups in total. The molecule has 2 aliphatic carbocycles. The van der Waals surface area contributed by atoms with Gasteiger partial charge in [-0.25, -0.2) is 0 Å². The van der Waals surface area contributed by atoms with E-state index in [1.165, 1.54) is 55.2 Å². The van der Waals surface area contributed by atoms with Crippen LogP contribution in [0.15, 0.2) is 199 Å². The van der Waals surface area contributed by atoms with Crippen LogP contribution in [0.4, 0.5) is 17.1 Å². The van der Waals surface area contributed by atoms with Crippen molar-refractivity contribution < 1.29 is 0 Å². The number of hydrogen-bond donors (Lipinski definition) is 0. The molecule has 1 aromatic heterocycles. The van der Waals surface area contributed by atoms with Crippen molar-refractivity contribution in [1.29, 1.82) is 0 Å². The van der Waals surface area contributed by atoms with E-state index in [4.69, 9.17) is 0 Å². The molecule has 0 bridgehead atoms. The van der Waals surface area contributed by atoms with Crippen molar-refractivity contribution in [3.8, 4) is 22.3 Å². The van der Waals surface area contributed by atoms with E-state index >= 15 is 0 Å². The molecular weight excluding hydrogens is 593 g/mol. The number of rotatable bonds is 7. The Hall–Kier alpha value is -6.34. The van der Waals surface area contributed by atoms with E-state index in [2.05, 4.69) is 197 Å². The lowest BCUT2D eigenvalue weighted by Crippen LogP contribution is -2.10. The van der Waals surface area contributed by atoms with Gasteiger partial charge in [0.2, 0.25) is 0 Å². The highest BCUT2D eigenvalue weighted by Gasteiger charge is 2.19. The van der Waals surface area contributed by atoms with Crippen LogP contribution in [-0.2, 0) is 0 Å². The van der Waals surface area contributed by atoms with E-state index in [0.717, 1.165) is 35.6 Å². The Kier molecular flexibility index (Phi) is 7.27. The fraction of sp³-hybridized carbons (Fsp3) is 0.0426. The number of allylic oxidation sites excluding steroid dienone is 7. The molecule has 7 aromatic rings. The van der Waals surface area contributed by atoms with E-state index < -0.39 is 0 Å². The maximum absolute atomic E-state index is 3.76. The molecule has 232 valence electrons. The minimum Gasteiger partial charge on any atom is -0.310 e. The van der Waals surface area contributed by atoms with Gasteiger partial charge in [-0.1, -0.05) is 133 Å². The van der Waals surface area contributed by atoms with Gasteiger partial charge < -0.3 is 9.47 Å². The Morgan fingerprint density at radius 3 is 1.82 bits per heavy atom. The molecule has 0 saturated heterocycles. The van der Waals surface area contributed by atoms with Crippen LogP contribution in [0.1, 0.15) is 12.8 Å². The van der Waals surface area contributed by atoms with Gasteiger partial charge in [-0.05, 0) is 95.3 Å². The number of aromatic nitrogens is 1. The Morgan fingerprint density at radius 2 is 1.10 bits per heavy atom. The first-order valence-corrected chi connectivity index (χ1v) is 17.0. The molecule has 0 spiro atoms. The van der Waals surface area contributed by atoms with Crippen LogP contribution >= 0.6 is 0 Å². The van der Waals surface area contributed by atoms with Gasteiger partial charge in [-0.3, -0.25) is 0 Å². The summed E-state index contributed by atoms with van der Waals surface area (Å²) in [5, 5.41) is 2.48. The summed E-state index contributed by atoms with van der Waals surface area (Å²) in [5.74, 6) is 0. The van der Waals surface area contributed by atoms with Crippen molar-refractivity contribution in [1.82, 2.24) is 4.57 Å². The lowest BCUT2D eigenvalue weighted by molar-refractivity contribution is 0.979. The van der Waals surface area contributed by atoms with Gasteiger partial charge in [-0.15, -0.1) is 0 Å². The largest absolute Gasteiger partial charge is 0.310 e. The van der Waals surface area contributed by atoms with E-state index in [1.54, 1.807) is 0 Å². The predicted octanol–water partition coefficient (Wildman–Crippen LogP) is 12.8. The maximum Gasteiger partial charge on any atom is 0.0897 e. The molecule has 0 radical (unpaired) electrons. The van der Waals surface area contributed by atoms with Crippen LogP contribution < -0.4 is 4.90 Å². The van der Waals surface area contributed by atoms with E-state index in [-0.39, 0.29) is 0 Å². The van der Waals surface area contributed by atoms with Gasteiger partial charge in [0.25, 0.3) is 0 Å². The molecule has 0 amide bonds. The Morgan fingerprint density at radius 1 is 0.510 bits per heavy atom. The SMILES string of the molecule is C1=C(C2=CC=CCC2)C=CC=1n1c2ccccc2c2ccc(N(c3ccccc3)c3ccc(-c4ccc(-c5ccccc5)cc4)cc3)cc21. The number of fused-ring (bicyclic) bond motifs is 3. The fourth-order valence-electron chi connectivity index (χ4n) is 7.20. The number of benzene rings is 6. The van der Waals surface area contributed by atoms with Crippen molar-refractivity contribution in [2.24, 2.45) is 0 Å². The van der Waals surface area contributed by atoms with Gasteiger partial charge >= 0.3 is 0 Å². The van der Waals surface area contributed by atoms with Crippen LogP contribution in [-0.4, -0.2) is 4.57 Å². The predicted molar refractivity (Wildman–Crippen MR) is 207 cm³/mol. The van der Waals surface area contributed by atoms with Gasteiger partial charge in [0, 0.05) is 33.4 Å². The minimum atomic E-state index is 1.05. The zero-order valence-electron chi connectivity index (χ0n) is 27.1.